The summed E-state index contributed by atoms with van der Waals surface area (Å²) >= 11 is 0. The minimum Gasteiger partial charge on any atom is -0.278 e. The van der Waals surface area contributed by atoms with Gasteiger partial charge in [-0.15, -0.1) is 0 Å². The zero-order chi connectivity index (χ0) is 9.26. The van der Waals surface area contributed by atoms with Gasteiger partial charge in [0.25, 0.3) is 0 Å². The van der Waals surface area contributed by atoms with E-state index >= 15 is 0 Å². The molecule has 0 aliphatic carbocycles. The Bertz CT molecular complexity index is 448. The van der Waals surface area contributed by atoms with E-state index in [-0.39, 0.29) is 0 Å². The monoisotopic (exact) mass is 172 g/mol. The van der Waals surface area contributed by atoms with Crippen molar-refractivity contribution in [2.24, 2.45) is 0 Å². The van der Waals surface area contributed by atoms with Gasteiger partial charge in [-0.3, -0.25) is 5.10 Å². The van der Waals surface area contributed by atoms with Crippen molar-refractivity contribution < 1.29 is 0 Å². The highest BCUT2D eigenvalue weighted by Gasteiger charge is 1.94. The van der Waals surface area contributed by atoms with E-state index in [1.807, 2.05) is 6.20 Å². The number of rotatable bonds is 1. The van der Waals surface area contributed by atoms with Gasteiger partial charge in [0.15, 0.2) is 0 Å². The molecule has 0 bridgehead atoms. The molecule has 0 aliphatic rings. The Morgan fingerprint density at radius 1 is 1.38 bits per heavy atom. The van der Waals surface area contributed by atoms with Crippen LogP contribution in [-0.4, -0.2) is 10.2 Å². The van der Waals surface area contributed by atoms with Crippen molar-refractivity contribution in [2.45, 2.75) is 13.8 Å². The first kappa shape index (κ1) is 8.05. The molecule has 0 saturated heterocycles. The first-order valence-corrected chi connectivity index (χ1v) is 4.34. The summed E-state index contributed by atoms with van der Waals surface area (Å²) < 4.78 is 0. The van der Waals surface area contributed by atoms with Crippen molar-refractivity contribution in [1.82, 2.24) is 10.2 Å². The van der Waals surface area contributed by atoms with Crippen LogP contribution in [0.2, 0.25) is 0 Å². The Balaban J connectivity index is 2.54. The van der Waals surface area contributed by atoms with Gasteiger partial charge in [0.2, 0.25) is 0 Å². The van der Waals surface area contributed by atoms with Gasteiger partial charge in [0.1, 0.15) is 0 Å². The number of aromatic amines is 1. The summed E-state index contributed by atoms with van der Waals surface area (Å²) in [6, 6.07) is 6.27. The van der Waals surface area contributed by atoms with E-state index in [1.54, 1.807) is 0 Å². The van der Waals surface area contributed by atoms with Crippen molar-refractivity contribution in [1.29, 1.82) is 0 Å². The molecule has 2 nitrogen and oxygen atoms in total. The molecule has 2 aromatic rings. The van der Waals surface area contributed by atoms with E-state index in [1.165, 1.54) is 11.1 Å². The lowest BCUT2D eigenvalue weighted by molar-refractivity contribution is 1.12. The third kappa shape index (κ3) is 1.61. The van der Waals surface area contributed by atoms with Crippen molar-refractivity contribution in [3.8, 4) is 0 Å². The Morgan fingerprint density at radius 3 is 3.00 bits per heavy atom. The number of aromatic nitrogens is 2. The second-order valence-electron chi connectivity index (χ2n) is 3.44. The van der Waals surface area contributed by atoms with E-state index in [9.17, 15) is 0 Å². The van der Waals surface area contributed by atoms with E-state index in [0.717, 1.165) is 10.9 Å². The highest BCUT2D eigenvalue weighted by atomic mass is 15.1. The Hall–Kier alpha value is -1.57. The highest BCUT2D eigenvalue weighted by molar-refractivity contribution is 5.80. The molecule has 2 rings (SSSR count). The molecule has 1 N–H and O–H groups in total. The van der Waals surface area contributed by atoms with Gasteiger partial charge in [-0.1, -0.05) is 17.7 Å². The van der Waals surface area contributed by atoms with Crippen molar-refractivity contribution >= 4 is 17.0 Å². The average molecular weight is 172 g/mol. The molecule has 2 heteroatoms. The minimum atomic E-state index is 1.09. The molecule has 0 amide bonds. The summed E-state index contributed by atoms with van der Waals surface area (Å²) in [5.41, 5.74) is 3.63. The largest absolute Gasteiger partial charge is 0.278 e. The van der Waals surface area contributed by atoms with Gasteiger partial charge in [0.05, 0.1) is 11.7 Å². The normalized spacial score (nSPS) is 10.3. The van der Waals surface area contributed by atoms with Gasteiger partial charge in [-0.05, 0) is 31.5 Å². The van der Waals surface area contributed by atoms with Crippen LogP contribution in [0.3, 0.4) is 0 Å². The van der Waals surface area contributed by atoms with Crippen LogP contribution < -0.4 is 0 Å². The van der Waals surface area contributed by atoms with Crippen LogP contribution in [0, 0.1) is 0 Å². The molecule has 1 aromatic carbocycles. The fraction of sp³-hybridized carbons (Fsp3) is 0.182. The summed E-state index contributed by atoms with van der Waals surface area (Å²) in [5, 5.41) is 8.07. The third-order valence-corrected chi connectivity index (χ3v) is 1.92. The molecule has 0 aliphatic heterocycles. The molecule has 66 valence electrons. The van der Waals surface area contributed by atoms with Crippen LogP contribution in [0.1, 0.15) is 19.4 Å². The summed E-state index contributed by atoms with van der Waals surface area (Å²) in [6.07, 6.45) is 4.00. The number of benzene rings is 1. The number of H-pyrrole nitrogens is 1. The van der Waals surface area contributed by atoms with Gasteiger partial charge < -0.3 is 0 Å². The SMILES string of the molecule is CC(C)=Cc1ccc2[nH]ncc2c1. The van der Waals surface area contributed by atoms with Crippen molar-refractivity contribution in [2.75, 3.05) is 0 Å². The van der Waals surface area contributed by atoms with Gasteiger partial charge in [0, 0.05) is 5.39 Å². The number of allylic oxidation sites excluding steroid dienone is 1. The number of fused-ring (bicyclic) bond motifs is 1. The smallest absolute Gasteiger partial charge is 0.0650 e. The van der Waals surface area contributed by atoms with Crippen molar-refractivity contribution in [3.05, 3.63) is 35.5 Å². The van der Waals surface area contributed by atoms with E-state index < -0.39 is 0 Å². The molecule has 1 heterocycles. The molecule has 0 unspecified atom stereocenters. The maximum atomic E-state index is 3.98. The Labute approximate surface area is 77.3 Å². The van der Waals surface area contributed by atoms with Gasteiger partial charge in [-0.25, -0.2) is 0 Å². The summed E-state index contributed by atoms with van der Waals surface area (Å²) in [6.45, 7) is 4.19. The van der Waals surface area contributed by atoms with Gasteiger partial charge >= 0.3 is 0 Å². The van der Waals surface area contributed by atoms with Crippen LogP contribution in [0.25, 0.3) is 17.0 Å². The molecular formula is C11H12N2. The number of hydrogen-bond acceptors (Lipinski definition) is 1. The molecule has 0 atom stereocenters. The van der Waals surface area contributed by atoms with Gasteiger partial charge in [-0.2, -0.15) is 5.10 Å². The van der Waals surface area contributed by atoms with Crippen LogP contribution in [0.15, 0.2) is 30.0 Å². The zero-order valence-corrected chi connectivity index (χ0v) is 7.83. The summed E-state index contributed by atoms with van der Waals surface area (Å²) in [4.78, 5) is 0. The molecule has 13 heavy (non-hydrogen) atoms. The van der Waals surface area contributed by atoms with E-state index in [2.05, 4.69) is 48.3 Å². The second kappa shape index (κ2) is 3.05. The highest BCUT2D eigenvalue weighted by Crippen LogP contribution is 2.14. The molecule has 0 spiro atoms. The lowest BCUT2D eigenvalue weighted by atomic mass is 10.1. The first-order chi connectivity index (χ1) is 6.25. The fourth-order valence-corrected chi connectivity index (χ4v) is 1.38. The molecule has 0 saturated carbocycles. The van der Waals surface area contributed by atoms with Crippen LogP contribution in [0.5, 0.6) is 0 Å². The van der Waals surface area contributed by atoms with Crippen molar-refractivity contribution in [3.63, 3.8) is 0 Å². The maximum absolute atomic E-state index is 3.98. The predicted octanol–water partition coefficient (Wildman–Crippen LogP) is 2.99. The standard InChI is InChI=1S/C11H12N2/c1-8(2)5-9-3-4-11-10(6-9)7-12-13-11/h3-7H,1-2H3,(H,12,13). The minimum absolute atomic E-state index is 1.09. The topological polar surface area (TPSA) is 28.7 Å². The lowest BCUT2D eigenvalue weighted by Crippen LogP contribution is -1.73. The number of nitrogens with one attached hydrogen (secondary N) is 1. The molecular weight excluding hydrogens is 160 g/mol. The number of hydrogen-bond donors (Lipinski definition) is 1. The van der Waals surface area contributed by atoms with Crippen LogP contribution in [-0.2, 0) is 0 Å². The van der Waals surface area contributed by atoms with E-state index in [0.29, 0.717) is 0 Å². The Morgan fingerprint density at radius 2 is 2.23 bits per heavy atom. The molecule has 1 aromatic heterocycles. The number of nitrogens with zero attached hydrogens (tertiary/aromatic N) is 1. The quantitative estimate of drug-likeness (QED) is 0.703. The summed E-state index contributed by atoms with van der Waals surface area (Å²) in [5.74, 6) is 0. The van der Waals surface area contributed by atoms with Crippen LogP contribution >= 0.6 is 0 Å². The first-order valence-electron chi connectivity index (χ1n) is 4.34. The predicted molar refractivity (Wildman–Crippen MR) is 55.4 cm³/mol. The van der Waals surface area contributed by atoms with Crippen LogP contribution in [0.4, 0.5) is 0 Å². The molecule has 0 fully saturated rings. The lowest BCUT2D eigenvalue weighted by Gasteiger charge is -1.94. The fourth-order valence-electron chi connectivity index (χ4n) is 1.38. The summed E-state index contributed by atoms with van der Waals surface area (Å²) in [7, 11) is 0. The third-order valence-electron chi connectivity index (χ3n) is 1.92. The molecule has 0 radical (unpaired) electrons. The second-order valence-corrected chi connectivity index (χ2v) is 3.44. The maximum Gasteiger partial charge on any atom is 0.0650 e. The average Bonchev–Trinajstić information content (AvgIpc) is 2.49. The Kier molecular flexibility index (Phi) is 1.89. The zero-order valence-electron chi connectivity index (χ0n) is 7.83. The van der Waals surface area contributed by atoms with E-state index in [4.69, 9.17) is 0 Å².